The van der Waals surface area contributed by atoms with Crippen LogP contribution in [0.4, 0.5) is 0 Å². The Hall–Kier alpha value is -2.90. The van der Waals surface area contributed by atoms with Gasteiger partial charge in [0.25, 0.3) is 5.91 Å². The maximum atomic E-state index is 12.9. The number of pyridine rings is 1. The second-order valence-corrected chi connectivity index (χ2v) is 8.89. The fraction of sp³-hybridized carbons (Fsp3) is 0.227. The Bertz CT molecular complexity index is 1220. The van der Waals surface area contributed by atoms with E-state index >= 15 is 0 Å². The van der Waals surface area contributed by atoms with Gasteiger partial charge in [-0.05, 0) is 55.0 Å². The molecule has 0 aliphatic carbocycles. The van der Waals surface area contributed by atoms with Gasteiger partial charge in [-0.15, -0.1) is 11.3 Å². The van der Waals surface area contributed by atoms with Crippen molar-refractivity contribution in [2.75, 3.05) is 20.2 Å². The third-order valence-corrected chi connectivity index (χ3v) is 6.62. The van der Waals surface area contributed by atoms with Crippen LogP contribution in [0.5, 0.6) is 5.75 Å². The van der Waals surface area contributed by atoms with Crippen LogP contribution in [0.2, 0.25) is 4.34 Å². The molecule has 0 N–H and O–H groups in total. The molecule has 152 valence electrons. The van der Waals surface area contributed by atoms with Gasteiger partial charge in [0.05, 0.1) is 22.4 Å². The van der Waals surface area contributed by atoms with Gasteiger partial charge in [0.2, 0.25) is 0 Å². The maximum absolute atomic E-state index is 12.9. The third kappa shape index (κ3) is 3.34. The lowest BCUT2D eigenvalue weighted by Gasteiger charge is -2.18. The number of hydrogen-bond acceptors (Lipinski definition) is 5. The molecular weight excluding hydrogens is 420 g/mol. The van der Waals surface area contributed by atoms with Crippen molar-refractivity contribution < 1.29 is 9.53 Å². The van der Waals surface area contributed by atoms with Crippen molar-refractivity contribution in [3.8, 4) is 17.1 Å². The molecule has 1 amide bonds. The zero-order valence-corrected chi connectivity index (χ0v) is 17.9. The number of thiophene rings is 1. The normalized spacial score (nSPS) is 16.3. The van der Waals surface area contributed by atoms with Crippen LogP contribution in [0.25, 0.3) is 22.6 Å². The lowest BCUT2D eigenvalue weighted by atomic mass is 10.2. The summed E-state index contributed by atoms with van der Waals surface area (Å²) in [6.07, 6.45) is 2.62. The van der Waals surface area contributed by atoms with Crippen molar-refractivity contribution in [3.63, 3.8) is 0 Å². The highest BCUT2D eigenvalue weighted by molar-refractivity contribution is 7.17. The fourth-order valence-electron chi connectivity index (χ4n) is 3.94. The van der Waals surface area contributed by atoms with Gasteiger partial charge in [-0.2, -0.15) is 0 Å². The first-order valence-corrected chi connectivity index (χ1v) is 10.9. The van der Waals surface area contributed by atoms with E-state index in [1.807, 2.05) is 41.3 Å². The topological polar surface area (TPSA) is 60.3 Å². The monoisotopic (exact) mass is 438 g/mol. The summed E-state index contributed by atoms with van der Waals surface area (Å²) in [5, 5.41) is 0. The average molecular weight is 439 g/mol. The van der Waals surface area contributed by atoms with Crippen LogP contribution in [0, 0.1) is 0 Å². The molecule has 0 bridgehead atoms. The van der Waals surface area contributed by atoms with Crippen molar-refractivity contribution in [2.24, 2.45) is 0 Å². The Morgan fingerprint density at radius 2 is 2.03 bits per heavy atom. The van der Waals surface area contributed by atoms with Crippen LogP contribution in [-0.4, -0.2) is 45.5 Å². The fourth-order valence-corrected chi connectivity index (χ4v) is 4.95. The number of carbonyl (C=O) groups is 1. The second kappa shape index (κ2) is 7.74. The van der Waals surface area contributed by atoms with E-state index in [-0.39, 0.29) is 11.9 Å². The van der Waals surface area contributed by atoms with Crippen molar-refractivity contribution in [2.45, 2.75) is 12.5 Å². The summed E-state index contributed by atoms with van der Waals surface area (Å²) in [6.45, 7) is 1.30. The number of carbonyl (C=O) groups excluding carboxylic acids is 1. The number of halogens is 1. The standard InChI is InChI=1S/C22H19ClN4O2S/c1-29-16-6-4-14(5-7-16)20-25-17-3-2-11-24-21(17)27(20)15-10-12-26(13-15)22(28)18-8-9-19(23)30-18/h2-9,11,15H,10,12-13H2,1H3/t15-/m1/s1. The average Bonchev–Trinajstić information content (AvgIpc) is 3.51. The van der Waals surface area contributed by atoms with Crippen molar-refractivity contribution in [1.29, 1.82) is 0 Å². The second-order valence-electron chi connectivity index (χ2n) is 7.18. The molecule has 0 unspecified atom stereocenters. The molecule has 1 aromatic carbocycles. The number of rotatable bonds is 4. The van der Waals surface area contributed by atoms with E-state index < -0.39 is 0 Å². The molecular formula is C22H19ClN4O2S. The number of ether oxygens (including phenoxy) is 1. The van der Waals surface area contributed by atoms with E-state index in [1.54, 1.807) is 25.4 Å². The van der Waals surface area contributed by atoms with E-state index in [2.05, 4.69) is 9.55 Å². The van der Waals surface area contributed by atoms with E-state index in [4.69, 9.17) is 21.3 Å². The zero-order chi connectivity index (χ0) is 20.7. The first kappa shape index (κ1) is 19.1. The Labute approximate surface area is 182 Å². The molecule has 4 aromatic rings. The van der Waals surface area contributed by atoms with Gasteiger partial charge < -0.3 is 14.2 Å². The predicted molar refractivity (Wildman–Crippen MR) is 118 cm³/mol. The number of aromatic nitrogens is 3. The Morgan fingerprint density at radius 3 is 2.77 bits per heavy atom. The summed E-state index contributed by atoms with van der Waals surface area (Å²) in [6, 6.07) is 15.4. The molecule has 5 rings (SSSR count). The third-order valence-electron chi connectivity index (χ3n) is 5.40. The van der Waals surface area contributed by atoms with Gasteiger partial charge in [0, 0.05) is 24.8 Å². The zero-order valence-electron chi connectivity index (χ0n) is 16.3. The van der Waals surface area contributed by atoms with Gasteiger partial charge in [0.1, 0.15) is 17.1 Å². The van der Waals surface area contributed by atoms with Crippen molar-refractivity contribution in [3.05, 3.63) is 63.9 Å². The van der Waals surface area contributed by atoms with Gasteiger partial charge in [0.15, 0.2) is 5.65 Å². The van der Waals surface area contributed by atoms with Crippen LogP contribution in [0.15, 0.2) is 54.7 Å². The highest BCUT2D eigenvalue weighted by Crippen LogP contribution is 2.34. The summed E-state index contributed by atoms with van der Waals surface area (Å²) >= 11 is 7.33. The number of amides is 1. The SMILES string of the molecule is COc1ccc(-c2nc3cccnc3n2[C@@H]2CCN(C(=O)c3ccc(Cl)s3)C2)cc1. The van der Waals surface area contributed by atoms with Crippen molar-refractivity contribution >= 4 is 40.0 Å². The molecule has 0 radical (unpaired) electrons. The highest BCUT2D eigenvalue weighted by Gasteiger charge is 2.31. The van der Waals surface area contributed by atoms with E-state index in [9.17, 15) is 4.79 Å². The number of nitrogens with zero attached hydrogens (tertiary/aromatic N) is 4. The molecule has 1 aliphatic heterocycles. The van der Waals surface area contributed by atoms with E-state index in [1.165, 1.54) is 11.3 Å². The van der Waals surface area contributed by atoms with Crippen LogP contribution >= 0.6 is 22.9 Å². The number of likely N-dealkylation sites (tertiary alicyclic amines) is 1. The summed E-state index contributed by atoms with van der Waals surface area (Å²) < 4.78 is 8.08. The molecule has 6 nitrogen and oxygen atoms in total. The summed E-state index contributed by atoms with van der Waals surface area (Å²) in [4.78, 5) is 24.9. The Balaban J connectivity index is 1.51. The minimum Gasteiger partial charge on any atom is -0.497 e. The maximum Gasteiger partial charge on any atom is 0.264 e. The number of fused-ring (bicyclic) bond motifs is 1. The summed E-state index contributed by atoms with van der Waals surface area (Å²) in [5.41, 5.74) is 2.67. The molecule has 0 saturated carbocycles. The number of benzene rings is 1. The number of hydrogen-bond donors (Lipinski definition) is 0. The predicted octanol–water partition coefficient (Wildman–Crippen LogP) is 4.91. The molecule has 3 aromatic heterocycles. The lowest BCUT2D eigenvalue weighted by molar-refractivity contribution is 0.0792. The van der Waals surface area contributed by atoms with Crippen LogP contribution in [0.3, 0.4) is 0 Å². The molecule has 1 fully saturated rings. The molecule has 1 atom stereocenters. The Kier molecular flexibility index (Phi) is 4.92. The number of methoxy groups -OCH3 is 1. The first-order chi connectivity index (χ1) is 14.6. The van der Waals surface area contributed by atoms with Gasteiger partial charge in [-0.1, -0.05) is 11.6 Å². The van der Waals surface area contributed by atoms with E-state index in [0.29, 0.717) is 22.3 Å². The van der Waals surface area contributed by atoms with E-state index in [0.717, 1.165) is 34.7 Å². The number of imidazole rings is 1. The van der Waals surface area contributed by atoms with Crippen molar-refractivity contribution in [1.82, 2.24) is 19.4 Å². The molecule has 30 heavy (non-hydrogen) atoms. The molecule has 8 heteroatoms. The van der Waals surface area contributed by atoms with Gasteiger partial charge >= 0.3 is 0 Å². The minimum absolute atomic E-state index is 0.0257. The summed E-state index contributed by atoms with van der Waals surface area (Å²) in [7, 11) is 1.65. The molecule has 1 aliphatic rings. The van der Waals surface area contributed by atoms with Crippen LogP contribution in [0.1, 0.15) is 22.1 Å². The lowest BCUT2D eigenvalue weighted by Crippen LogP contribution is -2.28. The molecule has 4 heterocycles. The van der Waals surface area contributed by atoms with Crippen LogP contribution in [-0.2, 0) is 0 Å². The summed E-state index contributed by atoms with van der Waals surface area (Å²) in [5.74, 6) is 1.68. The quantitative estimate of drug-likeness (QED) is 0.454. The molecule has 1 saturated heterocycles. The highest BCUT2D eigenvalue weighted by atomic mass is 35.5. The van der Waals surface area contributed by atoms with Crippen LogP contribution < -0.4 is 4.74 Å². The smallest absolute Gasteiger partial charge is 0.264 e. The van der Waals surface area contributed by atoms with Gasteiger partial charge in [-0.3, -0.25) is 4.79 Å². The minimum atomic E-state index is 0.0257. The molecule has 0 spiro atoms. The Morgan fingerprint density at radius 1 is 1.20 bits per heavy atom. The van der Waals surface area contributed by atoms with Gasteiger partial charge in [-0.25, -0.2) is 9.97 Å². The first-order valence-electron chi connectivity index (χ1n) is 9.66. The largest absolute Gasteiger partial charge is 0.497 e.